The number of anilines is 1. The molecule has 0 aliphatic carbocycles. The molecule has 0 saturated carbocycles. The Kier molecular flexibility index (Phi) is 5.50. The summed E-state index contributed by atoms with van der Waals surface area (Å²) in [5.41, 5.74) is 2.10. The van der Waals surface area contributed by atoms with Crippen molar-refractivity contribution < 1.29 is 8.42 Å². The third-order valence-corrected chi connectivity index (χ3v) is 9.03. The van der Waals surface area contributed by atoms with Crippen LogP contribution in [0.4, 0.5) is 5.69 Å². The maximum atomic E-state index is 12.2. The highest BCUT2D eigenvalue weighted by Gasteiger charge is 2.28. The van der Waals surface area contributed by atoms with Gasteiger partial charge < -0.3 is 4.90 Å². The lowest BCUT2D eigenvalue weighted by Crippen LogP contribution is -2.38. The monoisotopic (exact) mass is 406 g/mol. The number of fused-ring (bicyclic) bond motifs is 2. The fourth-order valence-corrected chi connectivity index (χ4v) is 6.28. The molecule has 2 atom stereocenters. The third-order valence-electron chi connectivity index (χ3n) is 6.29. The molecule has 0 radical (unpaired) electrons. The summed E-state index contributed by atoms with van der Waals surface area (Å²) in [5.74, 6) is 0.585. The molecule has 2 aromatic rings. The number of hydrogen-bond acceptors (Lipinski definition) is 4. The van der Waals surface area contributed by atoms with Crippen molar-refractivity contribution >= 4 is 37.1 Å². The van der Waals surface area contributed by atoms with Gasteiger partial charge in [0.15, 0.2) is 0 Å². The molecule has 2 saturated heterocycles. The normalized spacial score (nSPS) is 24.7. The van der Waals surface area contributed by atoms with Crippen molar-refractivity contribution in [2.75, 3.05) is 17.8 Å². The first-order valence-corrected chi connectivity index (χ1v) is 12.6. The van der Waals surface area contributed by atoms with Crippen LogP contribution in [0.2, 0.25) is 0 Å². The predicted octanol–water partition coefficient (Wildman–Crippen LogP) is 5.17. The maximum Gasteiger partial charge on any atom is 0.235 e. The number of rotatable bonds is 4. The Morgan fingerprint density at radius 1 is 1.11 bits per heavy atom. The van der Waals surface area contributed by atoms with E-state index in [2.05, 4.69) is 21.1 Å². The van der Waals surface area contributed by atoms with Gasteiger partial charge in [0.1, 0.15) is 0 Å². The Morgan fingerprint density at radius 3 is 2.78 bits per heavy atom. The van der Waals surface area contributed by atoms with Gasteiger partial charge in [-0.2, -0.15) is 0 Å². The first-order valence-electron chi connectivity index (χ1n) is 10.2. The van der Waals surface area contributed by atoms with Gasteiger partial charge in [-0.15, -0.1) is 11.3 Å². The van der Waals surface area contributed by atoms with Crippen molar-refractivity contribution in [3.63, 3.8) is 0 Å². The minimum Gasteiger partial charge on any atom is -0.300 e. The zero-order chi connectivity index (χ0) is 19.0. The fraction of sp³-hybridized carbons (Fsp3) is 0.619. The molecule has 0 amide bonds. The summed E-state index contributed by atoms with van der Waals surface area (Å²) in [4.78, 5) is 2.71. The molecule has 0 bridgehead atoms. The average molecular weight is 407 g/mol. The van der Waals surface area contributed by atoms with E-state index < -0.39 is 15.3 Å². The van der Waals surface area contributed by atoms with Crippen molar-refractivity contribution in [3.8, 4) is 0 Å². The summed E-state index contributed by atoms with van der Waals surface area (Å²) in [6, 6.07) is 6.76. The van der Waals surface area contributed by atoms with Gasteiger partial charge >= 0.3 is 0 Å². The Bertz CT molecular complexity index is 888. The molecule has 2 unspecified atom stereocenters. The van der Waals surface area contributed by atoms with Gasteiger partial charge in [-0.3, -0.25) is 4.72 Å². The van der Waals surface area contributed by atoms with Crippen LogP contribution in [0.25, 0.3) is 10.1 Å². The summed E-state index contributed by atoms with van der Waals surface area (Å²) in [6.45, 7) is 5.88. The van der Waals surface area contributed by atoms with Crippen LogP contribution in [0.15, 0.2) is 23.6 Å². The van der Waals surface area contributed by atoms with Crippen molar-refractivity contribution in [1.82, 2.24) is 4.90 Å². The Labute approximate surface area is 167 Å². The zero-order valence-corrected chi connectivity index (χ0v) is 17.9. The average Bonchev–Trinajstić information content (AvgIpc) is 2.93. The molecule has 4 rings (SSSR count). The lowest BCUT2D eigenvalue weighted by atomic mass is 9.90. The number of nitrogens with one attached hydrogen (secondary N) is 1. The molecular formula is C21H30N2O2S2. The molecule has 0 spiro atoms. The second-order valence-electron chi connectivity index (χ2n) is 8.35. The number of benzene rings is 1. The van der Waals surface area contributed by atoms with Gasteiger partial charge in [0.05, 0.1) is 5.25 Å². The maximum absolute atomic E-state index is 12.2. The van der Waals surface area contributed by atoms with Crippen LogP contribution in [-0.2, 0) is 10.0 Å². The topological polar surface area (TPSA) is 49.4 Å². The van der Waals surface area contributed by atoms with E-state index in [0.29, 0.717) is 11.6 Å². The van der Waals surface area contributed by atoms with Gasteiger partial charge in [-0.25, -0.2) is 8.42 Å². The van der Waals surface area contributed by atoms with Crippen LogP contribution < -0.4 is 4.72 Å². The van der Waals surface area contributed by atoms with Crippen molar-refractivity contribution in [1.29, 1.82) is 0 Å². The van der Waals surface area contributed by atoms with E-state index in [-0.39, 0.29) is 0 Å². The van der Waals surface area contributed by atoms with E-state index in [4.69, 9.17) is 0 Å². The quantitative estimate of drug-likeness (QED) is 0.762. The number of thiophene rings is 1. The minimum atomic E-state index is -3.31. The number of sulfonamides is 1. The summed E-state index contributed by atoms with van der Waals surface area (Å²) in [7, 11) is -3.31. The highest BCUT2D eigenvalue weighted by atomic mass is 32.2. The summed E-state index contributed by atoms with van der Waals surface area (Å²) >= 11 is 1.78. The van der Waals surface area contributed by atoms with E-state index in [1.54, 1.807) is 25.2 Å². The SMILES string of the molecule is CC(C)S(=O)(=O)Nc1ccc2scc(C3CCC4CCCCN4CC3)c2c1. The van der Waals surface area contributed by atoms with Crippen LogP contribution in [0.3, 0.4) is 0 Å². The van der Waals surface area contributed by atoms with E-state index in [9.17, 15) is 8.42 Å². The molecular weight excluding hydrogens is 376 g/mol. The molecule has 27 heavy (non-hydrogen) atoms. The lowest BCUT2D eigenvalue weighted by Gasteiger charge is -2.33. The van der Waals surface area contributed by atoms with Crippen molar-refractivity contribution in [2.45, 2.75) is 69.6 Å². The molecule has 3 heterocycles. The smallest absolute Gasteiger partial charge is 0.235 e. The van der Waals surface area contributed by atoms with Crippen molar-refractivity contribution in [3.05, 3.63) is 29.1 Å². The van der Waals surface area contributed by atoms with E-state index in [1.165, 1.54) is 67.3 Å². The van der Waals surface area contributed by atoms with Gasteiger partial charge in [0.2, 0.25) is 10.0 Å². The molecule has 2 fully saturated rings. The molecule has 1 aromatic carbocycles. The minimum absolute atomic E-state index is 0.436. The molecule has 2 aliphatic heterocycles. The highest BCUT2D eigenvalue weighted by Crippen LogP contribution is 2.40. The summed E-state index contributed by atoms with van der Waals surface area (Å²) in [6.07, 6.45) is 7.84. The first-order chi connectivity index (χ1) is 12.9. The highest BCUT2D eigenvalue weighted by molar-refractivity contribution is 7.93. The van der Waals surface area contributed by atoms with Gasteiger partial charge in [-0.05, 0) is 99.5 Å². The first kappa shape index (κ1) is 19.2. The molecule has 1 N–H and O–H groups in total. The van der Waals surface area contributed by atoms with Gasteiger partial charge in [0.25, 0.3) is 0 Å². The molecule has 148 valence electrons. The molecule has 1 aromatic heterocycles. The van der Waals surface area contributed by atoms with Crippen LogP contribution in [0.1, 0.15) is 63.9 Å². The number of nitrogens with zero attached hydrogens (tertiary/aromatic N) is 1. The van der Waals surface area contributed by atoms with Gasteiger partial charge in [0, 0.05) is 16.4 Å². The van der Waals surface area contributed by atoms with Crippen LogP contribution >= 0.6 is 11.3 Å². The van der Waals surface area contributed by atoms with Crippen LogP contribution in [-0.4, -0.2) is 37.7 Å². The van der Waals surface area contributed by atoms with E-state index in [1.807, 2.05) is 12.1 Å². The standard InChI is InChI=1S/C21H30N2O2S2/c1-15(2)27(24,25)22-17-7-9-21-19(13-17)20(14-26-21)16-6-8-18-5-3-4-11-23(18)12-10-16/h7,9,13-16,18,22H,3-6,8,10-12H2,1-2H3. The van der Waals surface area contributed by atoms with E-state index in [0.717, 1.165) is 6.04 Å². The second kappa shape index (κ2) is 7.72. The van der Waals surface area contributed by atoms with Crippen molar-refractivity contribution in [2.24, 2.45) is 0 Å². The second-order valence-corrected chi connectivity index (χ2v) is 11.5. The largest absolute Gasteiger partial charge is 0.300 e. The lowest BCUT2D eigenvalue weighted by molar-refractivity contribution is 0.151. The van der Waals surface area contributed by atoms with E-state index >= 15 is 0 Å². The third kappa shape index (κ3) is 4.03. The number of piperidine rings is 1. The van der Waals surface area contributed by atoms with Crippen LogP contribution in [0.5, 0.6) is 0 Å². The molecule has 6 heteroatoms. The number of hydrogen-bond donors (Lipinski definition) is 1. The Morgan fingerprint density at radius 2 is 1.96 bits per heavy atom. The van der Waals surface area contributed by atoms with Gasteiger partial charge in [-0.1, -0.05) is 6.42 Å². The van der Waals surface area contributed by atoms with Crippen LogP contribution in [0, 0.1) is 0 Å². The fourth-order valence-electron chi connectivity index (χ4n) is 4.56. The molecule has 4 nitrogen and oxygen atoms in total. The zero-order valence-electron chi connectivity index (χ0n) is 16.3. The summed E-state index contributed by atoms with van der Waals surface area (Å²) in [5, 5.41) is 3.10. The molecule has 2 aliphatic rings. The Balaban J connectivity index is 1.59. The summed E-state index contributed by atoms with van der Waals surface area (Å²) < 4.78 is 28.5. The predicted molar refractivity (Wildman–Crippen MR) is 115 cm³/mol. The Hall–Kier alpha value is -1.11.